The molecule has 0 amide bonds. The molecule has 0 radical (unpaired) electrons. The van der Waals surface area contributed by atoms with E-state index in [-0.39, 0.29) is 5.56 Å². The number of halogens is 1. The van der Waals surface area contributed by atoms with E-state index >= 15 is 0 Å². The maximum absolute atomic E-state index is 12.0. The highest BCUT2D eigenvalue weighted by Crippen LogP contribution is 2.22. The van der Waals surface area contributed by atoms with E-state index in [1.165, 1.54) is 0 Å². The van der Waals surface area contributed by atoms with Crippen molar-refractivity contribution in [1.29, 1.82) is 0 Å². The van der Waals surface area contributed by atoms with Gasteiger partial charge in [-0.1, -0.05) is 18.5 Å². The quantitative estimate of drug-likeness (QED) is 0.744. The maximum atomic E-state index is 12.0. The summed E-state index contributed by atoms with van der Waals surface area (Å²) in [6, 6.07) is 3.73. The minimum absolute atomic E-state index is 0.0342. The molecule has 0 atom stereocenters. The third-order valence-corrected chi connectivity index (χ3v) is 3.37. The summed E-state index contributed by atoms with van der Waals surface area (Å²) in [6.45, 7) is 5.88. The minimum atomic E-state index is 0.0342. The Hall–Kier alpha value is -1.28. The van der Waals surface area contributed by atoms with Crippen molar-refractivity contribution in [3.63, 3.8) is 0 Å². The van der Waals surface area contributed by atoms with Crippen LogP contribution in [-0.2, 0) is 6.42 Å². The van der Waals surface area contributed by atoms with Gasteiger partial charge in [0.05, 0.1) is 5.52 Å². The molecule has 0 aliphatic rings. The van der Waals surface area contributed by atoms with E-state index in [0.29, 0.717) is 5.02 Å². The fraction of sp³-hybridized carbons (Fsp3) is 0.308. The van der Waals surface area contributed by atoms with Gasteiger partial charge in [0.15, 0.2) is 0 Å². The van der Waals surface area contributed by atoms with E-state index in [2.05, 4.69) is 6.92 Å². The molecule has 0 bridgehead atoms. The number of aromatic nitrogens is 1. The molecule has 2 aromatic heterocycles. The Morgan fingerprint density at radius 2 is 2.06 bits per heavy atom. The van der Waals surface area contributed by atoms with Gasteiger partial charge in [-0.3, -0.25) is 9.20 Å². The van der Waals surface area contributed by atoms with E-state index in [0.717, 1.165) is 28.6 Å². The molecule has 16 heavy (non-hydrogen) atoms. The Kier molecular flexibility index (Phi) is 2.76. The van der Waals surface area contributed by atoms with Crippen LogP contribution < -0.4 is 5.56 Å². The summed E-state index contributed by atoms with van der Waals surface area (Å²) in [7, 11) is 0. The number of rotatable bonds is 1. The number of aryl methyl sites for hydroxylation is 3. The van der Waals surface area contributed by atoms with Crippen LogP contribution in [0.2, 0.25) is 5.02 Å². The van der Waals surface area contributed by atoms with Crippen LogP contribution in [0.4, 0.5) is 0 Å². The second kappa shape index (κ2) is 3.95. The number of nitrogens with zero attached hydrogens (tertiary/aromatic N) is 1. The normalized spacial score (nSPS) is 11.0. The van der Waals surface area contributed by atoms with Gasteiger partial charge in [0.25, 0.3) is 5.56 Å². The molecule has 2 heterocycles. The van der Waals surface area contributed by atoms with Crippen molar-refractivity contribution in [3.8, 4) is 0 Å². The molecule has 0 fully saturated rings. The number of hydrogen-bond acceptors (Lipinski definition) is 1. The van der Waals surface area contributed by atoms with Crippen molar-refractivity contribution < 1.29 is 0 Å². The second-order valence-electron chi connectivity index (χ2n) is 4.02. The predicted octanol–water partition coefficient (Wildman–Crippen LogP) is 3.13. The first kappa shape index (κ1) is 11.2. The lowest BCUT2D eigenvalue weighted by Gasteiger charge is -2.11. The molecule has 0 aliphatic carbocycles. The van der Waals surface area contributed by atoms with Crippen molar-refractivity contribution in [1.82, 2.24) is 4.40 Å². The molecule has 84 valence electrons. The summed E-state index contributed by atoms with van der Waals surface area (Å²) in [5.41, 5.74) is 3.89. The zero-order valence-electron chi connectivity index (χ0n) is 9.67. The summed E-state index contributed by atoms with van der Waals surface area (Å²) in [6.07, 6.45) is 2.64. The van der Waals surface area contributed by atoms with E-state index in [1.54, 1.807) is 16.7 Å². The lowest BCUT2D eigenvalue weighted by Crippen LogP contribution is -2.18. The van der Waals surface area contributed by atoms with E-state index in [9.17, 15) is 4.79 Å². The lowest BCUT2D eigenvalue weighted by molar-refractivity contribution is 1.01. The van der Waals surface area contributed by atoms with Crippen LogP contribution in [0, 0.1) is 13.8 Å². The number of fused-ring (bicyclic) bond motifs is 1. The average molecular weight is 236 g/mol. The Morgan fingerprint density at radius 1 is 1.38 bits per heavy atom. The van der Waals surface area contributed by atoms with Crippen molar-refractivity contribution >= 4 is 17.1 Å². The maximum Gasteiger partial charge on any atom is 0.258 e. The Labute approximate surface area is 99.5 Å². The van der Waals surface area contributed by atoms with Gasteiger partial charge in [-0.2, -0.15) is 0 Å². The molecule has 0 saturated carbocycles. The monoisotopic (exact) mass is 235 g/mol. The highest BCUT2D eigenvalue weighted by Gasteiger charge is 2.09. The molecular weight excluding hydrogens is 222 g/mol. The molecule has 3 heteroatoms. The van der Waals surface area contributed by atoms with Gasteiger partial charge in [-0.05, 0) is 43.5 Å². The first-order valence-corrected chi connectivity index (χ1v) is 5.74. The van der Waals surface area contributed by atoms with Crippen LogP contribution >= 0.6 is 11.6 Å². The molecule has 0 aromatic carbocycles. The fourth-order valence-electron chi connectivity index (χ4n) is 2.05. The van der Waals surface area contributed by atoms with Crippen LogP contribution in [0.3, 0.4) is 0 Å². The van der Waals surface area contributed by atoms with Gasteiger partial charge < -0.3 is 0 Å². The number of hydrogen-bond donors (Lipinski definition) is 0. The van der Waals surface area contributed by atoms with Gasteiger partial charge in [0, 0.05) is 16.8 Å². The summed E-state index contributed by atoms with van der Waals surface area (Å²) < 4.78 is 1.69. The Balaban J connectivity index is 3.05. The second-order valence-corrected chi connectivity index (χ2v) is 4.43. The van der Waals surface area contributed by atoms with Gasteiger partial charge in [-0.25, -0.2) is 0 Å². The third-order valence-electron chi connectivity index (χ3n) is 2.96. The molecule has 2 aromatic rings. The van der Waals surface area contributed by atoms with E-state index < -0.39 is 0 Å². The zero-order chi connectivity index (χ0) is 11.9. The summed E-state index contributed by atoms with van der Waals surface area (Å²) in [5, 5.41) is 0.706. The molecule has 2 rings (SSSR count). The number of pyridine rings is 2. The lowest BCUT2D eigenvalue weighted by atomic mass is 10.1. The standard InChI is InChI=1S/C13H14ClNO/c1-4-10-7-8(2)13(16)15-6-5-11(14)9(3)12(10)15/h5-7H,4H2,1-3H3. The zero-order valence-corrected chi connectivity index (χ0v) is 10.4. The molecular formula is C13H14ClNO. The Bertz CT molecular complexity index is 613. The van der Waals surface area contributed by atoms with Crippen molar-refractivity contribution in [2.75, 3.05) is 0 Å². The predicted molar refractivity (Wildman–Crippen MR) is 67.5 cm³/mol. The average Bonchev–Trinajstić information content (AvgIpc) is 2.27. The van der Waals surface area contributed by atoms with Gasteiger partial charge in [-0.15, -0.1) is 0 Å². The molecule has 0 N–H and O–H groups in total. The molecule has 0 aliphatic heterocycles. The van der Waals surface area contributed by atoms with Crippen molar-refractivity contribution in [3.05, 3.63) is 50.4 Å². The minimum Gasteiger partial charge on any atom is -0.283 e. The smallest absolute Gasteiger partial charge is 0.258 e. The fourth-order valence-corrected chi connectivity index (χ4v) is 2.19. The van der Waals surface area contributed by atoms with Crippen LogP contribution in [0.15, 0.2) is 23.1 Å². The van der Waals surface area contributed by atoms with E-state index in [1.807, 2.05) is 19.9 Å². The molecule has 0 spiro atoms. The highest BCUT2D eigenvalue weighted by atomic mass is 35.5. The summed E-state index contributed by atoms with van der Waals surface area (Å²) in [4.78, 5) is 12.0. The third kappa shape index (κ3) is 1.54. The molecule has 0 saturated heterocycles. The van der Waals surface area contributed by atoms with Gasteiger partial charge >= 0.3 is 0 Å². The summed E-state index contributed by atoms with van der Waals surface area (Å²) in [5.74, 6) is 0. The van der Waals surface area contributed by atoms with Gasteiger partial charge in [0.2, 0.25) is 0 Å². The van der Waals surface area contributed by atoms with Crippen LogP contribution in [0.5, 0.6) is 0 Å². The molecule has 2 nitrogen and oxygen atoms in total. The largest absolute Gasteiger partial charge is 0.283 e. The van der Waals surface area contributed by atoms with Crippen molar-refractivity contribution in [2.45, 2.75) is 27.2 Å². The van der Waals surface area contributed by atoms with Crippen LogP contribution in [0.1, 0.15) is 23.6 Å². The molecule has 0 unspecified atom stereocenters. The van der Waals surface area contributed by atoms with Gasteiger partial charge in [0.1, 0.15) is 0 Å². The topological polar surface area (TPSA) is 21.5 Å². The first-order valence-electron chi connectivity index (χ1n) is 5.36. The summed E-state index contributed by atoms with van der Waals surface area (Å²) >= 11 is 6.09. The Morgan fingerprint density at radius 3 is 2.69 bits per heavy atom. The van der Waals surface area contributed by atoms with Crippen LogP contribution in [-0.4, -0.2) is 4.40 Å². The van der Waals surface area contributed by atoms with E-state index in [4.69, 9.17) is 11.6 Å². The highest BCUT2D eigenvalue weighted by molar-refractivity contribution is 6.31. The van der Waals surface area contributed by atoms with Crippen molar-refractivity contribution in [2.24, 2.45) is 0 Å². The van der Waals surface area contributed by atoms with Crippen LogP contribution in [0.25, 0.3) is 5.52 Å². The first-order chi connectivity index (χ1) is 7.56. The SMILES string of the molecule is CCc1cc(C)c(=O)n2ccc(Cl)c(C)c12.